The van der Waals surface area contributed by atoms with Gasteiger partial charge >= 0.3 is 0 Å². The summed E-state index contributed by atoms with van der Waals surface area (Å²) >= 11 is 13.8. The van der Waals surface area contributed by atoms with Gasteiger partial charge in [-0.05, 0) is 44.3 Å². The standard InChI is InChI=1S/C11H10Br2N2S2/c1-2-3-7-9(13)11(16)15-10(14-7)8-4-6(12)5-17-8/h4-5H,2-3H2,1H3,(H,14,15,16). The Morgan fingerprint density at radius 2 is 2.24 bits per heavy atom. The number of halogens is 2. The fourth-order valence-corrected chi connectivity index (χ4v) is 3.45. The highest BCUT2D eigenvalue weighted by atomic mass is 79.9. The van der Waals surface area contributed by atoms with Crippen molar-refractivity contribution in [2.24, 2.45) is 0 Å². The Morgan fingerprint density at radius 3 is 2.82 bits per heavy atom. The summed E-state index contributed by atoms with van der Waals surface area (Å²) in [6.07, 6.45) is 2.04. The van der Waals surface area contributed by atoms with Gasteiger partial charge in [0.25, 0.3) is 0 Å². The first-order valence-corrected chi connectivity index (χ1v) is 8.02. The van der Waals surface area contributed by atoms with Crippen LogP contribution in [0.25, 0.3) is 10.7 Å². The van der Waals surface area contributed by atoms with Crippen LogP contribution in [-0.4, -0.2) is 9.97 Å². The van der Waals surface area contributed by atoms with Gasteiger partial charge in [0, 0.05) is 15.5 Å². The molecule has 0 aliphatic carbocycles. The molecule has 0 unspecified atom stereocenters. The molecule has 2 heterocycles. The smallest absolute Gasteiger partial charge is 0.149 e. The molecule has 17 heavy (non-hydrogen) atoms. The van der Waals surface area contributed by atoms with Crippen LogP contribution in [0.15, 0.2) is 20.4 Å². The normalized spacial score (nSPS) is 10.8. The summed E-state index contributed by atoms with van der Waals surface area (Å²) in [5, 5.41) is 2.04. The van der Waals surface area contributed by atoms with Crippen molar-refractivity contribution in [2.45, 2.75) is 19.8 Å². The highest BCUT2D eigenvalue weighted by Crippen LogP contribution is 2.29. The topological polar surface area (TPSA) is 28.7 Å². The minimum atomic E-state index is 0.617. The molecule has 6 heteroatoms. The van der Waals surface area contributed by atoms with E-state index in [1.165, 1.54) is 0 Å². The number of aromatic amines is 1. The first-order chi connectivity index (χ1) is 8.11. The number of thiophene rings is 1. The van der Waals surface area contributed by atoms with Gasteiger partial charge in [-0.15, -0.1) is 11.3 Å². The van der Waals surface area contributed by atoms with E-state index in [2.05, 4.69) is 48.8 Å². The van der Waals surface area contributed by atoms with Crippen LogP contribution in [0.3, 0.4) is 0 Å². The van der Waals surface area contributed by atoms with Gasteiger partial charge in [-0.3, -0.25) is 0 Å². The van der Waals surface area contributed by atoms with Gasteiger partial charge in [-0.25, -0.2) is 4.98 Å². The quantitative estimate of drug-likeness (QED) is 0.712. The Bertz CT molecular complexity index is 589. The number of nitrogens with one attached hydrogen (secondary N) is 1. The maximum absolute atomic E-state index is 5.26. The maximum atomic E-state index is 5.26. The Morgan fingerprint density at radius 1 is 1.47 bits per heavy atom. The molecule has 0 aliphatic rings. The fourth-order valence-electron chi connectivity index (χ4n) is 1.48. The predicted octanol–water partition coefficient (Wildman–Crippen LogP) is 5.35. The van der Waals surface area contributed by atoms with Crippen molar-refractivity contribution < 1.29 is 0 Å². The zero-order chi connectivity index (χ0) is 12.4. The summed E-state index contributed by atoms with van der Waals surface area (Å²) in [6.45, 7) is 2.14. The van der Waals surface area contributed by atoms with Gasteiger partial charge in [-0.1, -0.05) is 25.6 Å². The lowest BCUT2D eigenvalue weighted by Crippen LogP contribution is -1.97. The second-order valence-electron chi connectivity index (χ2n) is 3.56. The van der Waals surface area contributed by atoms with Crippen molar-refractivity contribution >= 4 is 55.4 Å². The van der Waals surface area contributed by atoms with Crippen LogP contribution < -0.4 is 0 Å². The van der Waals surface area contributed by atoms with Crippen molar-refractivity contribution in [3.8, 4) is 10.7 Å². The van der Waals surface area contributed by atoms with Crippen LogP contribution in [0.1, 0.15) is 19.0 Å². The molecule has 0 atom stereocenters. The van der Waals surface area contributed by atoms with E-state index in [0.29, 0.717) is 4.64 Å². The van der Waals surface area contributed by atoms with E-state index in [1.807, 2.05) is 11.4 Å². The molecule has 0 saturated heterocycles. The average molecular weight is 394 g/mol. The lowest BCUT2D eigenvalue weighted by molar-refractivity contribution is 0.866. The molecule has 0 bridgehead atoms. The third-order valence-corrected chi connectivity index (χ3v) is 5.35. The van der Waals surface area contributed by atoms with E-state index < -0.39 is 0 Å². The molecular weight excluding hydrogens is 384 g/mol. The van der Waals surface area contributed by atoms with Crippen LogP contribution in [0.4, 0.5) is 0 Å². The Balaban J connectivity index is 2.52. The fraction of sp³-hybridized carbons (Fsp3) is 0.273. The summed E-state index contributed by atoms with van der Waals surface area (Å²) in [5.41, 5.74) is 1.12. The minimum absolute atomic E-state index is 0.617. The predicted molar refractivity (Wildman–Crippen MR) is 82.1 cm³/mol. The molecule has 2 rings (SSSR count). The number of H-pyrrole nitrogens is 1. The minimum Gasteiger partial charge on any atom is -0.341 e. The summed E-state index contributed by atoms with van der Waals surface area (Å²) in [7, 11) is 0. The molecule has 90 valence electrons. The summed E-state index contributed by atoms with van der Waals surface area (Å²) < 4.78 is 2.60. The van der Waals surface area contributed by atoms with E-state index in [9.17, 15) is 0 Å². The monoisotopic (exact) mass is 392 g/mol. The van der Waals surface area contributed by atoms with Crippen LogP contribution in [0, 0.1) is 4.64 Å². The molecule has 0 amide bonds. The third-order valence-electron chi connectivity index (χ3n) is 2.24. The molecule has 0 spiro atoms. The second kappa shape index (κ2) is 5.73. The van der Waals surface area contributed by atoms with Crippen molar-refractivity contribution in [1.82, 2.24) is 9.97 Å². The van der Waals surface area contributed by atoms with Crippen LogP contribution in [0.2, 0.25) is 0 Å². The van der Waals surface area contributed by atoms with Gasteiger partial charge in [0.15, 0.2) is 0 Å². The van der Waals surface area contributed by atoms with Crippen molar-refractivity contribution in [2.75, 3.05) is 0 Å². The summed E-state index contributed by atoms with van der Waals surface area (Å²) in [6, 6.07) is 2.04. The number of aryl methyl sites for hydroxylation is 1. The van der Waals surface area contributed by atoms with E-state index in [-0.39, 0.29) is 0 Å². The maximum Gasteiger partial charge on any atom is 0.149 e. The Kier molecular flexibility index (Phi) is 4.52. The zero-order valence-electron chi connectivity index (χ0n) is 9.09. The molecule has 0 radical (unpaired) electrons. The number of rotatable bonds is 3. The summed E-state index contributed by atoms with van der Waals surface area (Å²) in [5.74, 6) is 0.845. The number of hydrogen-bond acceptors (Lipinski definition) is 3. The van der Waals surface area contributed by atoms with Gasteiger partial charge in [0.1, 0.15) is 10.5 Å². The molecule has 2 aromatic rings. The highest BCUT2D eigenvalue weighted by Gasteiger charge is 2.09. The molecule has 0 saturated carbocycles. The van der Waals surface area contributed by atoms with Crippen LogP contribution >= 0.6 is 55.4 Å². The van der Waals surface area contributed by atoms with E-state index in [4.69, 9.17) is 12.2 Å². The van der Waals surface area contributed by atoms with Gasteiger partial charge in [-0.2, -0.15) is 0 Å². The second-order valence-corrected chi connectivity index (χ2v) is 6.57. The van der Waals surface area contributed by atoms with E-state index in [0.717, 1.165) is 38.2 Å². The number of aromatic nitrogens is 2. The van der Waals surface area contributed by atoms with Gasteiger partial charge in [0.2, 0.25) is 0 Å². The largest absolute Gasteiger partial charge is 0.341 e. The average Bonchev–Trinajstić information content (AvgIpc) is 2.71. The number of hydrogen-bond donors (Lipinski definition) is 1. The molecule has 2 aromatic heterocycles. The van der Waals surface area contributed by atoms with Crippen LogP contribution in [-0.2, 0) is 6.42 Å². The van der Waals surface area contributed by atoms with E-state index >= 15 is 0 Å². The van der Waals surface area contributed by atoms with Gasteiger partial charge in [0.05, 0.1) is 9.35 Å². The molecule has 0 aromatic carbocycles. The van der Waals surface area contributed by atoms with Crippen LogP contribution in [0.5, 0.6) is 0 Å². The first-order valence-electron chi connectivity index (χ1n) is 5.15. The lowest BCUT2D eigenvalue weighted by atomic mass is 10.2. The SMILES string of the molecule is CCCc1[nH]c(-c2cc(Br)cs2)nc(=S)c1Br. The molecule has 2 nitrogen and oxygen atoms in total. The number of nitrogens with zero attached hydrogens (tertiary/aromatic N) is 1. The summed E-state index contributed by atoms with van der Waals surface area (Å²) in [4.78, 5) is 8.84. The first kappa shape index (κ1) is 13.4. The molecule has 0 aliphatic heterocycles. The van der Waals surface area contributed by atoms with Crippen molar-refractivity contribution in [1.29, 1.82) is 0 Å². The van der Waals surface area contributed by atoms with Crippen molar-refractivity contribution in [3.05, 3.63) is 30.7 Å². The molecule has 1 N–H and O–H groups in total. The third kappa shape index (κ3) is 3.05. The zero-order valence-corrected chi connectivity index (χ0v) is 13.9. The lowest BCUT2D eigenvalue weighted by Gasteiger charge is -2.06. The Labute approximate surface area is 126 Å². The Hall–Kier alpha value is -0.0400. The van der Waals surface area contributed by atoms with Gasteiger partial charge < -0.3 is 4.98 Å². The highest BCUT2D eigenvalue weighted by molar-refractivity contribution is 9.10. The molecular formula is C11H10Br2N2S2. The van der Waals surface area contributed by atoms with E-state index in [1.54, 1.807) is 11.3 Å². The van der Waals surface area contributed by atoms with Crippen molar-refractivity contribution in [3.63, 3.8) is 0 Å². The molecule has 0 fully saturated rings.